The van der Waals surface area contributed by atoms with E-state index in [0.717, 1.165) is 10.7 Å². The van der Waals surface area contributed by atoms with E-state index in [4.69, 9.17) is 17.3 Å². The predicted octanol–water partition coefficient (Wildman–Crippen LogP) is 4.81. The lowest BCUT2D eigenvalue weighted by Gasteiger charge is -2.35. The Morgan fingerprint density at radius 1 is 1.24 bits per heavy atom. The van der Waals surface area contributed by atoms with Crippen molar-refractivity contribution in [2.45, 2.75) is 57.0 Å². The maximum atomic E-state index is 14.0. The molecule has 2 heterocycles. The second-order valence-electron chi connectivity index (χ2n) is 8.79. The molecule has 12 heteroatoms. The zero-order valence-electron chi connectivity index (χ0n) is 17.9. The SMILES string of the molecule is NC(=O)c1c(-c2ccc(F)c(Cl)c2)nn2c1CN(C(=O)CC1CCC(F)(F)CC1)CC2C(F)F. The van der Waals surface area contributed by atoms with Gasteiger partial charge >= 0.3 is 0 Å². The van der Waals surface area contributed by atoms with Gasteiger partial charge in [-0.2, -0.15) is 5.10 Å². The zero-order chi connectivity index (χ0) is 24.8. The maximum Gasteiger partial charge on any atom is 0.262 e. The van der Waals surface area contributed by atoms with Crippen LogP contribution in [0.5, 0.6) is 0 Å². The number of nitrogens with zero attached hydrogens (tertiary/aromatic N) is 3. The minimum atomic E-state index is -2.92. The van der Waals surface area contributed by atoms with Gasteiger partial charge in [0.15, 0.2) is 0 Å². The van der Waals surface area contributed by atoms with E-state index in [0.29, 0.717) is 0 Å². The van der Waals surface area contributed by atoms with Gasteiger partial charge in [0.05, 0.1) is 22.8 Å². The van der Waals surface area contributed by atoms with Crippen LogP contribution in [0.2, 0.25) is 5.02 Å². The fraction of sp³-hybridized carbons (Fsp3) is 0.500. The molecular weight excluding hydrogens is 483 g/mol. The van der Waals surface area contributed by atoms with E-state index in [1.807, 2.05) is 0 Å². The van der Waals surface area contributed by atoms with Crippen molar-refractivity contribution in [3.8, 4) is 11.3 Å². The monoisotopic (exact) mass is 504 g/mol. The Morgan fingerprint density at radius 2 is 1.91 bits per heavy atom. The molecule has 1 saturated carbocycles. The third kappa shape index (κ3) is 4.75. The van der Waals surface area contributed by atoms with E-state index >= 15 is 0 Å². The fourth-order valence-electron chi connectivity index (χ4n) is 4.60. The summed E-state index contributed by atoms with van der Waals surface area (Å²) in [5.74, 6) is -5.13. The Bertz CT molecular complexity index is 1110. The second-order valence-corrected chi connectivity index (χ2v) is 9.19. The molecule has 1 fully saturated rings. The summed E-state index contributed by atoms with van der Waals surface area (Å²) in [6, 6.07) is 2.00. The fourth-order valence-corrected chi connectivity index (χ4v) is 4.79. The van der Waals surface area contributed by atoms with Crippen LogP contribution >= 0.6 is 11.6 Å². The second kappa shape index (κ2) is 9.16. The largest absolute Gasteiger partial charge is 0.365 e. The molecule has 2 N–H and O–H groups in total. The number of halogens is 6. The highest BCUT2D eigenvalue weighted by Gasteiger charge is 2.40. The molecule has 0 radical (unpaired) electrons. The first-order valence-electron chi connectivity index (χ1n) is 10.8. The summed E-state index contributed by atoms with van der Waals surface area (Å²) in [6.45, 7) is -0.568. The van der Waals surface area contributed by atoms with E-state index in [1.54, 1.807) is 0 Å². The Balaban J connectivity index is 1.66. The number of fused-ring (bicyclic) bond motifs is 1. The van der Waals surface area contributed by atoms with Gasteiger partial charge < -0.3 is 10.6 Å². The highest BCUT2D eigenvalue weighted by Crippen LogP contribution is 2.39. The lowest BCUT2D eigenvalue weighted by Crippen LogP contribution is -2.44. The molecule has 6 nitrogen and oxygen atoms in total. The molecule has 1 aliphatic heterocycles. The first-order chi connectivity index (χ1) is 16.0. The molecular formula is C22H22ClF5N4O2. The number of aromatic nitrogens is 2. The number of hydrogen-bond acceptors (Lipinski definition) is 3. The van der Waals surface area contributed by atoms with Gasteiger partial charge in [0.25, 0.3) is 12.3 Å². The molecule has 2 amide bonds. The van der Waals surface area contributed by atoms with E-state index in [9.17, 15) is 31.5 Å². The molecule has 0 spiro atoms. The van der Waals surface area contributed by atoms with Crippen molar-refractivity contribution in [2.24, 2.45) is 11.7 Å². The highest BCUT2D eigenvalue weighted by molar-refractivity contribution is 6.31. The number of amides is 2. The van der Waals surface area contributed by atoms with Gasteiger partial charge in [-0.3, -0.25) is 14.3 Å². The standard InChI is InChI=1S/C22H22ClF5N4O2/c23-13-8-12(1-2-14(13)24)19-18(21(29)34)15-9-31(10-16(20(25)26)32(15)30-19)17(33)7-11-3-5-22(27,28)6-4-11/h1-2,8,11,16,20H,3-7,9-10H2,(H2,29,34). The van der Waals surface area contributed by atoms with Gasteiger partial charge in [0, 0.05) is 31.4 Å². The average Bonchev–Trinajstić information content (AvgIpc) is 3.16. The number of nitrogens with two attached hydrogens (primary N) is 1. The van der Waals surface area contributed by atoms with Gasteiger partial charge in [0.2, 0.25) is 11.8 Å². The van der Waals surface area contributed by atoms with Crippen LogP contribution in [0.1, 0.15) is 54.2 Å². The Kier molecular flexibility index (Phi) is 6.58. The number of primary amides is 1. The van der Waals surface area contributed by atoms with Gasteiger partial charge in [-0.1, -0.05) is 11.6 Å². The number of rotatable bonds is 5. The average molecular weight is 505 g/mol. The summed E-state index contributed by atoms with van der Waals surface area (Å²) in [5.41, 5.74) is 5.57. The molecule has 1 aromatic heterocycles. The zero-order valence-corrected chi connectivity index (χ0v) is 18.7. The van der Waals surface area contributed by atoms with Gasteiger partial charge in [0.1, 0.15) is 17.6 Å². The van der Waals surface area contributed by atoms with Crippen LogP contribution in [0.4, 0.5) is 22.0 Å². The topological polar surface area (TPSA) is 81.2 Å². The van der Waals surface area contributed by atoms with Crippen LogP contribution in [0.15, 0.2) is 18.2 Å². The molecule has 4 rings (SSSR count). The van der Waals surface area contributed by atoms with Crippen LogP contribution in [0.25, 0.3) is 11.3 Å². The molecule has 2 aromatic rings. The van der Waals surface area contributed by atoms with Gasteiger partial charge in [-0.25, -0.2) is 22.0 Å². The van der Waals surface area contributed by atoms with E-state index in [1.165, 1.54) is 17.0 Å². The summed E-state index contributed by atoms with van der Waals surface area (Å²) in [6.07, 6.45) is -3.25. The lowest BCUT2D eigenvalue weighted by atomic mass is 9.84. The maximum absolute atomic E-state index is 14.0. The molecule has 1 atom stereocenters. The summed E-state index contributed by atoms with van der Waals surface area (Å²) in [5, 5.41) is 3.92. The summed E-state index contributed by atoms with van der Waals surface area (Å²) >= 11 is 5.83. The number of carbonyl (C=O) groups excluding carboxylic acids is 2. The molecule has 1 aliphatic carbocycles. The third-order valence-electron chi connectivity index (χ3n) is 6.45. The number of hydrogen-bond donors (Lipinski definition) is 1. The summed E-state index contributed by atoms with van der Waals surface area (Å²) < 4.78 is 69.4. The predicted molar refractivity (Wildman–Crippen MR) is 113 cm³/mol. The molecule has 1 aromatic carbocycles. The van der Waals surface area contributed by atoms with Crippen LogP contribution in [0.3, 0.4) is 0 Å². The van der Waals surface area contributed by atoms with E-state index < -0.39 is 36.0 Å². The van der Waals surface area contributed by atoms with Crippen molar-refractivity contribution in [1.82, 2.24) is 14.7 Å². The van der Waals surface area contributed by atoms with Gasteiger partial charge in [-0.15, -0.1) is 0 Å². The summed E-state index contributed by atoms with van der Waals surface area (Å²) in [4.78, 5) is 26.4. The Morgan fingerprint density at radius 3 is 2.50 bits per heavy atom. The third-order valence-corrected chi connectivity index (χ3v) is 6.74. The van der Waals surface area contributed by atoms with Crippen molar-refractivity contribution >= 4 is 23.4 Å². The quantitative estimate of drug-likeness (QED) is 0.594. The molecule has 184 valence electrons. The molecule has 0 saturated heterocycles. The van der Waals surface area contributed by atoms with Gasteiger partial charge in [-0.05, 0) is 37.0 Å². The van der Waals surface area contributed by atoms with Crippen molar-refractivity contribution in [1.29, 1.82) is 0 Å². The van der Waals surface area contributed by atoms with Crippen LogP contribution in [-0.4, -0.2) is 45.4 Å². The normalized spacial score (nSPS) is 20.4. The van der Waals surface area contributed by atoms with Crippen LogP contribution in [-0.2, 0) is 11.3 Å². The minimum Gasteiger partial charge on any atom is -0.365 e. The molecule has 1 unspecified atom stereocenters. The Labute approximate surface area is 196 Å². The minimum absolute atomic E-state index is 0.0306. The van der Waals surface area contributed by atoms with E-state index in [-0.39, 0.29) is 78.6 Å². The molecule has 2 aliphatic rings. The first-order valence-corrected chi connectivity index (χ1v) is 11.1. The van der Waals surface area contributed by atoms with Crippen molar-refractivity contribution in [3.05, 3.63) is 40.3 Å². The number of benzene rings is 1. The Hall–Kier alpha value is -2.69. The highest BCUT2D eigenvalue weighted by atomic mass is 35.5. The van der Waals surface area contributed by atoms with E-state index in [2.05, 4.69) is 5.10 Å². The van der Waals surface area contributed by atoms with Crippen LogP contribution in [0, 0.1) is 11.7 Å². The van der Waals surface area contributed by atoms with Crippen LogP contribution < -0.4 is 5.73 Å². The first kappa shape index (κ1) is 24.4. The van der Waals surface area contributed by atoms with Crippen molar-refractivity contribution in [2.75, 3.05) is 6.54 Å². The number of carbonyl (C=O) groups is 2. The molecule has 34 heavy (non-hydrogen) atoms. The smallest absolute Gasteiger partial charge is 0.262 e. The van der Waals surface area contributed by atoms with Crippen molar-refractivity contribution < 1.29 is 31.5 Å². The van der Waals surface area contributed by atoms with Crippen molar-refractivity contribution in [3.63, 3.8) is 0 Å². The summed E-state index contributed by atoms with van der Waals surface area (Å²) in [7, 11) is 0. The lowest BCUT2D eigenvalue weighted by molar-refractivity contribution is -0.136. The number of alkyl halides is 4. The molecule has 0 bridgehead atoms.